The number of hydrogen-bond donors (Lipinski definition) is 1. The zero-order valence-corrected chi connectivity index (χ0v) is 11.6. The van der Waals surface area contributed by atoms with Crippen molar-refractivity contribution in [2.24, 2.45) is 7.05 Å². The maximum Gasteiger partial charge on any atom is 0.334 e. The van der Waals surface area contributed by atoms with Crippen molar-refractivity contribution in [2.45, 2.75) is 38.7 Å². The summed E-state index contributed by atoms with van der Waals surface area (Å²) < 4.78 is 1.55. The highest BCUT2D eigenvalue weighted by Crippen LogP contribution is 2.35. The van der Waals surface area contributed by atoms with Gasteiger partial charge in [0.2, 0.25) is 5.82 Å². The van der Waals surface area contributed by atoms with E-state index in [1.807, 2.05) is 11.8 Å². The highest BCUT2D eigenvalue weighted by Gasteiger charge is 2.35. The second kappa shape index (κ2) is 4.80. The molecular weight excluding hydrogens is 248 g/mol. The van der Waals surface area contributed by atoms with Crippen molar-refractivity contribution >= 4 is 11.5 Å². The van der Waals surface area contributed by atoms with E-state index < -0.39 is 5.60 Å². The van der Waals surface area contributed by atoms with Gasteiger partial charge in [-0.25, -0.2) is 4.68 Å². The van der Waals surface area contributed by atoms with E-state index in [1.54, 1.807) is 18.7 Å². The summed E-state index contributed by atoms with van der Waals surface area (Å²) in [5.41, 5.74) is -0.238. The Hall–Kier alpha value is -1.63. The lowest BCUT2D eigenvalue weighted by molar-refractivity contribution is -0.384. The lowest BCUT2D eigenvalue weighted by Gasteiger charge is -2.37. The number of aliphatic hydroxyl groups is 1. The SMILES string of the molecule is CCc1nn(C)c(N2CCCC(C)(O)C2)c1[N+](=O)[O-]. The molecule has 1 unspecified atom stereocenters. The summed E-state index contributed by atoms with van der Waals surface area (Å²) >= 11 is 0. The third-order valence-electron chi connectivity index (χ3n) is 3.55. The fraction of sp³-hybridized carbons (Fsp3) is 0.750. The summed E-state index contributed by atoms with van der Waals surface area (Å²) in [6.45, 7) is 4.73. The minimum Gasteiger partial charge on any atom is -0.388 e. The first-order valence-electron chi connectivity index (χ1n) is 6.53. The van der Waals surface area contributed by atoms with Gasteiger partial charge < -0.3 is 10.0 Å². The zero-order chi connectivity index (χ0) is 14.2. The van der Waals surface area contributed by atoms with Crippen molar-refractivity contribution in [2.75, 3.05) is 18.0 Å². The maximum absolute atomic E-state index is 11.3. The zero-order valence-electron chi connectivity index (χ0n) is 11.6. The summed E-state index contributed by atoms with van der Waals surface area (Å²) in [7, 11) is 1.71. The van der Waals surface area contributed by atoms with Gasteiger partial charge in [0, 0.05) is 20.1 Å². The largest absolute Gasteiger partial charge is 0.388 e. The molecule has 0 aromatic carbocycles. The number of hydrogen-bond acceptors (Lipinski definition) is 5. The van der Waals surface area contributed by atoms with Crippen molar-refractivity contribution in [1.29, 1.82) is 0 Å². The third-order valence-corrected chi connectivity index (χ3v) is 3.55. The van der Waals surface area contributed by atoms with Crippen LogP contribution in [0.1, 0.15) is 32.4 Å². The van der Waals surface area contributed by atoms with Crippen LogP contribution < -0.4 is 4.90 Å². The molecule has 7 nitrogen and oxygen atoms in total. The molecule has 1 aromatic rings. The molecule has 0 spiro atoms. The molecule has 0 amide bonds. The second-order valence-electron chi connectivity index (χ2n) is 5.38. The first-order valence-corrected chi connectivity index (χ1v) is 6.53. The van der Waals surface area contributed by atoms with E-state index in [2.05, 4.69) is 5.10 Å². The minimum atomic E-state index is -0.803. The van der Waals surface area contributed by atoms with Crippen LogP contribution in [0.3, 0.4) is 0 Å². The van der Waals surface area contributed by atoms with Crippen molar-refractivity contribution in [3.05, 3.63) is 15.8 Å². The van der Waals surface area contributed by atoms with E-state index in [-0.39, 0.29) is 10.6 Å². The average molecular weight is 268 g/mol. The monoisotopic (exact) mass is 268 g/mol. The van der Waals surface area contributed by atoms with Crippen LogP contribution in [-0.4, -0.2) is 38.5 Å². The first-order chi connectivity index (χ1) is 8.85. The fourth-order valence-electron chi connectivity index (χ4n) is 2.74. The predicted octanol–water partition coefficient (Wildman–Crippen LogP) is 1.24. The molecule has 1 atom stereocenters. The average Bonchev–Trinajstić information content (AvgIpc) is 2.64. The van der Waals surface area contributed by atoms with E-state index in [0.717, 1.165) is 12.8 Å². The van der Waals surface area contributed by atoms with Crippen LogP contribution in [0.2, 0.25) is 0 Å². The van der Waals surface area contributed by atoms with Gasteiger partial charge in [-0.05, 0) is 26.2 Å². The van der Waals surface area contributed by atoms with Gasteiger partial charge in [0.15, 0.2) is 0 Å². The maximum atomic E-state index is 11.3. The Morgan fingerprint density at radius 2 is 2.26 bits per heavy atom. The summed E-state index contributed by atoms with van der Waals surface area (Å²) in [5.74, 6) is 0.502. The van der Waals surface area contributed by atoms with Crippen molar-refractivity contribution < 1.29 is 10.0 Å². The van der Waals surface area contributed by atoms with Crippen LogP contribution in [-0.2, 0) is 13.5 Å². The van der Waals surface area contributed by atoms with Gasteiger partial charge in [-0.15, -0.1) is 0 Å². The number of nitrogens with zero attached hydrogens (tertiary/aromatic N) is 4. The lowest BCUT2D eigenvalue weighted by atomic mass is 9.95. The van der Waals surface area contributed by atoms with E-state index in [4.69, 9.17) is 0 Å². The molecule has 19 heavy (non-hydrogen) atoms. The normalized spacial score (nSPS) is 23.7. The Balaban J connectivity index is 2.44. The molecule has 0 radical (unpaired) electrons. The summed E-state index contributed by atoms with van der Waals surface area (Å²) in [5, 5.41) is 25.7. The molecule has 106 valence electrons. The second-order valence-corrected chi connectivity index (χ2v) is 5.38. The van der Waals surface area contributed by atoms with Crippen LogP contribution in [0.15, 0.2) is 0 Å². The molecule has 2 rings (SSSR count). The van der Waals surface area contributed by atoms with E-state index in [9.17, 15) is 15.2 Å². The molecule has 0 aliphatic carbocycles. The van der Waals surface area contributed by atoms with Crippen molar-refractivity contribution in [3.63, 3.8) is 0 Å². The van der Waals surface area contributed by atoms with Gasteiger partial charge >= 0.3 is 5.69 Å². The number of nitro groups is 1. The summed E-state index contributed by atoms with van der Waals surface area (Å²) in [6, 6.07) is 0. The van der Waals surface area contributed by atoms with Crippen LogP contribution in [0.5, 0.6) is 0 Å². The van der Waals surface area contributed by atoms with Crippen molar-refractivity contribution in [1.82, 2.24) is 9.78 Å². The topological polar surface area (TPSA) is 84.4 Å². The number of aryl methyl sites for hydroxylation is 2. The van der Waals surface area contributed by atoms with E-state index in [0.29, 0.717) is 31.0 Å². The molecule has 1 fully saturated rings. The summed E-state index contributed by atoms with van der Waals surface area (Å²) in [4.78, 5) is 12.8. The smallest absolute Gasteiger partial charge is 0.334 e. The highest BCUT2D eigenvalue weighted by atomic mass is 16.6. The third kappa shape index (κ3) is 2.56. The lowest BCUT2D eigenvalue weighted by Crippen LogP contribution is -2.47. The molecule has 1 aliphatic heterocycles. The molecule has 2 heterocycles. The molecule has 1 aliphatic rings. The Labute approximate surface area is 112 Å². The molecule has 1 saturated heterocycles. The predicted molar refractivity (Wildman–Crippen MR) is 71.3 cm³/mol. The minimum absolute atomic E-state index is 0.0719. The standard InChI is InChI=1S/C12H20N4O3/c1-4-9-10(16(18)19)11(14(3)13-9)15-7-5-6-12(2,17)8-15/h17H,4-8H2,1-3H3. The molecule has 7 heteroatoms. The quantitative estimate of drug-likeness (QED) is 0.658. The van der Waals surface area contributed by atoms with Crippen LogP contribution in [0.25, 0.3) is 0 Å². The van der Waals surface area contributed by atoms with Crippen LogP contribution in [0.4, 0.5) is 11.5 Å². The summed E-state index contributed by atoms with van der Waals surface area (Å²) in [6.07, 6.45) is 2.06. The number of rotatable bonds is 3. The number of aromatic nitrogens is 2. The molecule has 0 saturated carbocycles. The van der Waals surface area contributed by atoms with E-state index >= 15 is 0 Å². The van der Waals surface area contributed by atoms with E-state index in [1.165, 1.54) is 0 Å². The number of piperidine rings is 1. The van der Waals surface area contributed by atoms with Crippen LogP contribution >= 0.6 is 0 Å². The Bertz CT molecular complexity index is 495. The first kappa shape index (κ1) is 13.8. The van der Waals surface area contributed by atoms with Gasteiger partial charge in [0.25, 0.3) is 0 Å². The molecule has 1 N–H and O–H groups in total. The molecular formula is C12H20N4O3. The van der Waals surface area contributed by atoms with Gasteiger partial charge in [-0.2, -0.15) is 5.10 Å². The van der Waals surface area contributed by atoms with Crippen LogP contribution in [0, 0.1) is 10.1 Å². The van der Waals surface area contributed by atoms with Gasteiger partial charge in [-0.1, -0.05) is 6.92 Å². The fourth-order valence-corrected chi connectivity index (χ4v) is 2.74. The highest BCUT2D eigenvalue weighted by molar-refractivity contribution is 5.62. The number of β-amino-alcohol motifs (C(OH)–C–C–N with tert-alkyl or cyclic N) is 1. The molecule has 1 aromatic heterocycles. The Kier molecular flexibility index (Phi) is 3.49. The Morgan fingerprint density at radius 1 is 1.58 bits per heavy atom. The molecule has 0 bridgehead atoms. The number of anilines is 1. The van der Waals surface area contributed by atoms with Gasteiger partial charge in [0.05, 0.1) is 10.5 Å². The van der Waals surface area contributed by atoms with Crippen molar-refractivity contribution in [3.8, 4) is 0 Å². The Morgan fingerprint density at radius 3 is 2.79 bits per heavy atom. The van der Waals surface area contributed by atoms with Gasteiger partial charge in [0.1, 0.15) is 5.69 Å². The van der Waals surface area contributed by atoms with Gasteiger partial charge in [-0.3, -0.25) is 10.1 Å².